The molecule has 2 aromatic rings. The average Bonchev–Trinajstić information content (AvgIpc) is 2.29. The summed E-state index contributed by atoms with van der Waals surface area (Å²) in [7, 11) is 0. The maximum Gasteiger partial charge on any atom is 0.227 e. The van der Waals surface area contributed by atoms with E-state index in [1.165, 1.54) is 0 Å². The highest BCUT2D eigenvalue weighted by molar-refractivity contribution is 6.30. The molecule has 0 unspecified atom stereocenters. The van der Waals surface area contributed by atoms with Crippen LogP contribution in [-0.2, 0) is 6.54 Å². The van der Waals surface area contributed by atoms with Gasteiger partial charge in [0.15, 0.2) is 0 Å². The molecule has 0 aliphatic carbocycles. The van der Waals surface area contributed by atoms with Crippen LogP contribution in [0.4, 0.5) is 0 Å². The van der Waals surface area contributed by atoms with E-state index in [4.69, 9.17) is 22.1 Å². The van der Waals surface area contributed by atoms with Gasteiger partial charge >= 0.3 is 0 Å². The summed E-state index contributed by atoms with van der Waals surface area (Å²) < 4.78 is 5.65. The van der Waals surface area contributed by atoms with E-state index >= 15 is 0 Å². The molecule has 0 spiro atoms. The molecule has 0 radical (unpaired) electrons. The maximum atomic E-state index is 5.88. The van der Waals surface area contributed by atoms with Crippen molar-refractivity contribution in [3.63, 3.8) is 0 Å². The van der Waals surface area contributed by atoms with Crippen LogP contribution in [-0.4, -0.2) is 9.97 Å². The predicted molar refractivity (Wildman–Crippen MR) is 66.2 cm³/mol. The zero-order valence-corrected chi connectivity index (χ0v) is 10.1. The molecule has 0 amide bonds. The minimum Gasteiger partial charge on any atom is -0.439 e. The second-order valence-electron chi connectivity index (χ2n) is 3.51. The third-order valence-electron chi connectivity index (χ3n) is 2.18. The van der Waals surface area contributed by atoms with Crippen LogP contribution in [0.25, 0.3) is 0 Å². The third kappa shape index (κ3) is 2.93. The second kappa shape index (κ2) is 5.12. The van der Waals surface area contributed by atoms with Gasteiger partial charge in [0.05, 0.1) is 0 Å². The zero-order valence-electron chi connectivity index (χ0n) is 9.35. The van der Waals surface area contributed by atoms with Crippen molar-refractivity contribution in [1.29, 1.82) is 0 Å². The largest absolute Gasteiger partial charge is 0.439 e. The Labute approximate surface area is 104 Å². The molecule has 0 aliphatic rings. The first-order valence-electron chi connectivity index (χ1n) is 5.15. The lowest BCUT2D eigenvalue weighted by Crippen LogP contribution is -2.03. The topological polar surface area (TPSA) is 61.0 Å². The van der Waals surface area contributed by atoms with Crippen LogP contribution in [0.5, 0.6) is 11.6 Å². The summed E-state index contributed by atoms with van der Waals surface area (Å²) >= 11 is 5.88. The predicted octanol–water partition coefficient (Wildman–Crippen LogP) is 2.69. The van der Waals surface area contributed by atoms with Crippen LogP contribution < -0.4 is 10.5 Å². The van der Waals surface area contributed by atoms with Gasteiger partial charge in [0.2, 0.25) is 5.88 Å². The van der Waals surface area contributed by atoms with Crippen molar-refractivity contribution in [2.75, 3.05) is 0 Å². The van der Waals surface area contributed by atoms with Gasteiger partial charge in [-0.15, -0.1) is 0 Å². The Hall–Kier alpha value is -1.65. The van der Waals surface area contributed by atoms with E-state index in [-0.39, 0.29) is 0 Å². The molecule has 5 heteroatoms. The Kier molecular flexibility index (Phi) is 3.56. The summed E-state index contributed by atoms with van der Waals surface area (Å²) in [4.78, 5) is 8.29. The zero-order chi connectivity index (χ0) is 12.3. The lowest BCUT2D eigenvalue weighted by Gasteiger charge is -2.09. The molecule has 1 aromatic carbocycles. The number of nitrogens with two attached hydrogens (primary N) is 1. The molecule has 0 atom stereocenters. The van der Waals surface area contributed by atoms with Gasteiger partial charge in [-0.05, 0) is 25.1 Å². The maximum absolute atomic E-state index is 5.88. The number of aromatic nitrogens is 2. The Bertz CT molecular complexity index is 531. The normalized spacial score (nSPS) is 10.3. The van der Waals surface area contributed by atoms with Gasteiger partial charge in [0.25, 0.3) is 0 Å². The third-order valence-corrected chi connectivity index (χ3v) is 2.41. The van der Waals surface area contributed by atoms with Crippen molar-refractivity contribution in [2.24, 2.45) is 5.73 Å². The Morgan fingerprint density at radius 1 is 1.41 bits per heavy atom. The quantitative estimate of drug-likeness (QED) is 0.909. The monoisotopic (exact) mass is 249 g/mol. The minimum atomic E-state index is 0.330. The molecule has 88 valence electrons. The number of hydrogen-bond donors (Lipinski definition) is 1. The summed E-state index contributed by atoms with van der Waals surface area (Å²) in [5, 5.41) is 0.613. The summed E-state index contributed by atoms with van der Waals surface area (Å²) in [5.41, 5.74) is 6.36. The number of hydrogen-bond acceptors (Lipinski definition) is 4. The van der Waals surface area contributed by atoms with E-state index in [0.29, 0.717) is 29.0 Å². The second-order valence-corrected chi connectivity index (χ2v) is 3.95. The molecular formula is C12H12ClN3O. The number of benzene rings is 1. The SMILES string of the molecule is Cc1ncc(CN)c(Oc2cccc(Cl)c2)n1. The first-order valence-corrected chi connectivity index (χ1v) is 5.53. The molecule has 2 N–H and O–H groups in total. The van der Waals surface area contributed by atoms with Gasteiger partial charge in [-0.1, -0.05) is 17.7 Å². The summed E-state index contributed by atoms with van der Waals surface area (Å²) in [6.07, 6.45) is 1.67. The molecule has 2 rings (SSSR count). The van der Waals surface area contributed by atoms with E-state index in [1.54, 1.807) is 25.3 Å². The molecule has 0 bridgehead atoms. The van der Waals surface area contributed by atoms with Crippen molar-refractivity contribution < 1.29 is 4.74 Å². The van der Waals surface area contributed by atoms with Crippen molar-refractivity contribution in [3.8, 4) is 11.6 Å². The number of nitrogens with zero attached hydrogens (tertiary/aromatic N) is 2. The number of ether oxygens (including phenoxy) is 1. The van der Waals surface area contributed by atoms with E-state index in [1.807, 2.05) is 12.1 Å². The molecule has 4 nitrogen and oxygen atoms in total. The number of rotatable bonds is 3. The highest BCUT2D eigenvalue weighted by atomic mass is 35.5. The molecule has 0 fully saturated rings. The van der Waals surface area contributed by atoms with Crippen LogP contribution in [0, 0.1) is 6.92 Å². The fraction of sp³-hybridized carbons (Fsp3) is 0.167. The van der Waals surface area contributed by atoms with Crippen molar-refractivity contribution in [3.05, 3.63) is 46.9 Å². The van der Waals surface area contributed by atoms with E-state index < -0.39 is 0 Å². The first kappa shape index (κ1) is 11.8. The Morgan fingerprint density at radius 2 is 2.24 bits per heavy atom. The first-order chi connectivity index (χ1) is 8.19. The lowest BCUT2D eigenvalue weighted by molar-refractivity contribution is 0.453. The van der Waals surface area contributed by atoms with E-state index in [9.17, 15) is 0 Å². The molecule has 17 heavy (non-hydrogen) atoms. The van der Waals surface area contributed by atoms with Gasteiger partial charge in [-0.2, -0.15) is 4.98 Å². The molecule has 1 aromatic heterocycles. The smallest absolute Gasteiger partial charge is 0.227 e. The Morgan fingerprint density at radius 3 is 2.94 bits per heavy atom. The van der Waals surface area contributed by atoms with Crippen molar-refractivity contribution in [2.45, 2.75) is 13.5 Å². The van der Waals surface area contributed by atoms with Gasteiger partial charge in [-0.3, -0.25) is 0 Å². The van der Waals surface area contributed by atoms with Crippen molar-refractivity contribution in [1.82, 2.24) is 9.97 Å². The van der Waals surface area contributed by atoms with Crippen LogP contribution in [0.15, 0.2) is 30.5 Å². The fourth-order valence-electron chi connectivity index (χ4n) is 1.34. The fourth-order valence-corrected chi connectivity index (χ4v) is 1.52. The van der Waals surface area contributed by atoms with Crippen LogP contribution in [0.1, 0.15) is 11.4 Å². The molecule has 1 heterocycles. The van der Waals surface area contributed by atoms with Crippen molar-refractivity contribution >= 4 is 11.6 Å². The molecule has 0 saturated heterocycles. The number of halogens is 1. The van der Waals surface area contributed by atoms with Gasteiger partial charge in [0.1, 0.15) is 11.6 Å². The van der Waals surface area contributed by atoms with E-state index in [0.717, 1.165) is 5.56 Å². The van der Waals surface area contributed by atoms with Crippen LogP contribution >= 0.6 is 11.6 Å². The summed E-state index contributed by atoms with van der Waals surface area (Å²) in [6, 6.07) is 7.13. The van der Waals surface area contributed by atoms with Crippen LogP contribution in [0.3, 0.4) is 0 Å². The average molecular weight is 250 g/mol. The van der Waals surface area contributed by atoms with Gasteiger partial charge in [0, 0.05) is 23.3 Å². The number of aryl methyl sites for hydroxylation is 1. The summed E-state index contributed by atoms with van der Waals surface area (Å²) in [6.45, 7) is 2.13. The lowest BCUT2D eigenvalue weighted by atomic mass is 10.3. The van der Waals surface area contributed by atoms with Gasteiger partial charge < -0.3 is 10.5 Å². The van der Waals surface area contributed by atoms with Gasteiger partial charge in [-0.25, -0.2) is 4.98 Å². The highest BCUT2D eigenvalue weighted by Gasteiger charge is 2.07. The molecule has 0 aliphatic heterocycles. The highest BCUT2D eigenvalue weighted by Crippen LogP contribution is 2.24. The van der Waals surface area contributed by atoms with E-state index in [2.05, 4.69) is 9.97 Å². The molecular weight excluding hydrogens is 238 g/mol. The van der Waals surface area contributed by atoms with Crippen LogP contribution in [0.2, 0.25) is 5.02 Å². The Balaban J connectivity index is 2.32. The molecule has 0 saturated carbocycles. The standard InChI is InChI=1S/C12H12ClN3O/c1-8-15-7-9(6-14)12(16-8)17-11-4-2-3-10(13)5-11/h2-5,7H,6,14H2,1H3. The minimum absolute atomic E-state index is 0.330. The summed E-state index contributed by atoms with van der Waals surface area (Å²) in [5.74, 6) is 1.74.